The summed E-state index contributed by atoms with van der Waals surface area (Å²) in [6, 6.07) is 11.7. The zero-order chi connectivity index (χ0) is 19.0. The summed E-state index contributed by atoms with van der Waals surface area (Å²) >= 11 is 0. The molecule has 5 heteroatoms. The van der Waals surface area contributed by atoms with Crippen molar-refractivity contribution >= 4 is 16.7 Å². The number of aryl methyl sites for hydroxylation is 2. The standard InChI is InChI=1S/C22H23NO4/c1-4-15-11-20(24)27-22-14(3)21-16(10-19(15)22)12-23(13-26-21)17-6-8-18(9-7-17)25-5-2/h6-11H,4-5,12-13H2,1-3H3. The van der Waals surface area contributed by atoms with Crippen molar-refractivity contribution in [2.75, 3.05) is 18.2 Å². The molecule has 0 N–H and O–H groups in total. The Morgan fingerprint density at radius 3 is 2.63 bits per heavy atom. The van der Waals surface area contributed by atoms with E-state index in [0.29, 0.717) is 18.9 Å². The molecule has 0 bridgehead atoms. The van der Waals surface area contributed by atoms with Crippen LogP contribution in [0.15, 0.2) is 45.6 Å². The van der Waals surface area contributed by atoms with Crippen LogP contribution in [-0.2, 0) is 13.0 Å². The fraction of sp³-hybridized carbons (Fsp3) is 0.318. The van der Waals surface area contributed by atoms with E-state index in [9.17, 15) is 4.79 Å². The highest BCUT2D eigenvalue weighted by Crippen LogP contribution is 2.37. The maximum Gasteiger partial charge on any atom is 0.336 e. The van der Waals surface area contributed by atoms with Gasteiger partial charge in [-0.2, -0.15) is 0 Å². The van der Waals surface area contributed by atoms with Crippen LogP contribution in [0.5, 0.6) is 11.5 Å². The van der Waals surface area contributed by atoms with E-state index in [1.54, 1.807) is 6.07 Å². The Kier molecular flexibility index (Phi) is 4.52. The Morgan fingerprint density at radius 1 is 1.15 bits per heavy atom. The number of nitrogens with zero attached hydrogens (tertiary/aromatic N) is 1. The van der Waals surface area contributed by atoms with Crippen molar-refractivity contribution in [2.24, 2.45) is 0 Å². The smallest absolute Gasteiger partial charge is 0.336 e. The molecule has 1 aliphatic heterocycles. The lowest BCUT2D eigenvalue weighted by Crippen LogP contribution is -2.32. The number of hydrogen-bond acceptors (Lipinski definition) is 5. The third-order valence-corrected chi connectivity index (χ3v) is 5.00. The van der Waals surface area contributed by atoms with E-state index in [1.165, 1.54) is 0 Å². The lowest BCUT2D eigenvalue weighted by atomic mass is 9.99. The highest BCUT2D eigenvalue weighted by molar-refractivity contribution is 5.86. The molecule has 0 fully saturated rings. The van der Waals surface area contributed by atoms with Gasteiger partial charge in [0.05, 0.1) is 6.61 Å². The number of ether oxygens (including phenoxy) is 2. The molecule has 0 unspecified atom stereocenters. The van der Waals surface area contributed by atoms with Crippen molar-refractivity contribution in [3.63, 3.8) is 0 Å². The van der Waals surface area contributed by atoms with Crippen molar-refractivity contribution in [1.29, 1.82) is 0 Å². The summed E-state index contributed by atoms with van der Waals surface area (Å²) in [5.41, 5.74) is 4.40. The Morgan fingerprint density at radius 2 is 1.93 bits per heavy atom. The number of hydrogen-bond donors (Lipinski definition) is 0. The van der Waals surface area contributed by atoms with Crippen LogP contribution in [0.25, 0.3) is 11.0 Å². The number of fused-ring (bicyclic) bond motifs is 2. The summed E-state index contributed by atoms with van der Waals surface area (Å²) < 4.78 is 17.1. The first-order valence-electron chi connectivity index (χ1n) is 9.30. The highest BCUT2D eigenvalue weighted by atomic mass is 16.5. The normalized spacial score (nSPS) is 13.4. The van der Waals surface area contributed by atoms with Crippen molar-refractivity contribution in [1.82, 2.24) is 0 Å². The summed E-state index contributed by atoms with van der Waals surface area (Å²) in [6.45, 7) is 7.82. The van der Waals surface area contributed by atoms with Gasteiger partial charge in [-0.25, -0.2) is 4.79 Å². The van der Waals surface area contributed by atoms with Crippen molar-refractivity contribution in [2.45, 2.75) is 33.7 Å². The summed E-state index contributed by atoms with van der Waals surface area (Å²) in [6.07, 6.45) is 0.782. The highest BCUT2D eigenvalue weighted by Gasteiger charge is 2.23. The molecule has 140 valence electrons. The lowest BCUT2D eigenvalue weighted by Gasteiger charge is -2.32. The monoisotopic (exact) mass is 365 g/mol. The van der Waals surface area contributed by atoms with Gasteiger partial charge in [0.25, 0.3) is 0 Å². The van der Waals surface area contributed by atoms with E-state index in [0.717, 1.165) is 52.2 Å². The molecule has 0 amide bonds. The van der Waals surface area contributed by atoms with Crippen LogP contribution in [0.3, 0.4) is 0 Å². The fourth-order valence-electron chi connectivity index (χ4n) is 3.66. The molecule has 0 saturated carbocycles. The first-order chi connectivity index (χ1) is 13.1. The van der Waals surface area contributed by atoms with E-state index in [-0.39, 0.29) is 5.63 Å². The molecule has 1 aromatic heterocycles. The molecule has 0 saturated heterocycles. The molecule has 3 aromatic rings. The summed E-state index contributed by atoms with van der Waals surface area (Å²) in [4.78, 5) is 14.0. The van der Waals surface area contributed by atoms with Crippen LogP contribution < -0.4 is 20.0 Å². The minimum absolute atomic E-state index is 0.311. The van der Waals surface area contributed by atoms with Crippen LogP contribution in [0, 0.1) is 6.92 Å². The predicted octanol–water partition coefficient (Wildman–Crippen LogP) is 4.42. The van der Waals surface area contributed by atoms with Crippen LogP contribution >= 0.6 is 0 Å². The molecule has 0 radical (unpaired) electrons. The molecular weight excluding hydrogens is 342 g/mol. The third kappa shape index (κ3) is 3.14. The van der Waals surface area contributed by atoms with Crippen molar-refractivity contribution < 1.29 is 13.9 Å². The fourth-order valence-corrected chi connectivity index (χ4v) is 3.66. The molecule has 2 aromatic carbocycles. The number of rotatable bonds is 4. The van der Waals surface area contributed by atoms with E-state index in [2.05, 4.69) is 11.0 Å². The number of benzene rings is 2. The minimum atomic E-state index is -0.311. The van der Waals surface area contributed by atoms with Gasteiger partial charge in [-0.15, -0.1) is 0 Å². The second kappa shape index (κ2) is 6.99. The van der Waals surface area contributed by atoms with Gasteiger partial charge in [0, 0.05) is 34.8 Å². The van der Waals surface area contributed by atoms with Crippen LogP contribution in [0.2, 0.25) is 0 Å². The van der Waals surface area contributed by atoms with Crippen molar-refractivity contribution in [3.8, 4) is 11.5 Å². The molecule has 0 aliphatic carbocycles. The van der Waals surface area contributed by atoms with Crippen LogP contribution in [0.1, 0.15) is 30.5 Å². The van der Waals surface area contributed by atoms with Gasteiger partial charge in [0.15, 0.2) is 6.73 Å². The zero-order valence-electron chi connectivity index (χ0n) is 15.9. The van der Waals surface area contributed by atoms with Crippen LogP contribution in [0.4, 0.5) is 5.69 Å². The molecule has 0 atom stereocenters. The third-order valence-electron chi connectivity index (χ3n) is 5.00. The second-order valence-corrected chi connectivity index (χ2v) is 6.71. The molecule has 4 rings (SSSR count). The quantitative estimate of drug-likeness (QED) is 0.641. The molecule has 27 heavy (non-hydrogen) atoms. The summed E-state index contributed by atoms with van der Waals surface area (Å²) in [5.74, 6) is 1.69. The number of anilines is 1. The van der Waals surface area contributed by atoms with Crippen LogP contribution in [-0.4, -0.2) is 13.3 Å². The lowest BCUT2D eigenvalue weighted by molar-refractivity contribution is 0.287. The van der Waals surface area contributed by atoms with Crippen molar-refractivity contribution in [3.05, 3.63) is 63.5 Å². The molecule has 1 aliphatic rings. The van der Waals surface area contributed by atoms with E-state index in [1.807, 2.05) is 45.0 Å². The average molecular weight is 365 g/mol. The van der Waals surface area contributed by atoms with Gasteiger partial charge >= 0.3 is 5.63 Å². The maximum atomic E-state index is 11.9. The predicted molar refractivity (Wildman–Crippen MR) is 106 cm³/mol. The Bertz CT molecular complexity index is 1040. The summed E-state index contributed by atoms with van der Waals surface area (Å²) in [7, 11) is 0. The zero-order valence-corrected chi connectivity index (χ0v) is 15.9. The first-order valence-corrected chi connectivity index (χ1v) is 9.30. The molecule has 2 heterocycles. The Balaban J connectivity index is 1.72. The van der Waals surface area contributed by atoms with Gasteiger partial charge in [-0.3, -0.25) is 0 Å². The minimum Gasteiger partial charge on any atom is -0.494 e. The van der Waals surface area contributed by atoms with Gasteiger partial charge in [-0.05, 0) is 56.2 Å². The molecule has 5 nitrogen and oxygen atoms in total. The van der Waals surface area contributed by atoms with Gasteiger partial charge in [-0.1, -0.05) is 6.92 Å². The van der Waals surface area contributed by atoms with E-state index in [4.69, 9.17) is 13.9 Å². The SMILES string of the molecule is CCOc1ccc(N2COc3c(cc4c(CC)cc(=O)oc4c3C)C2)cc1. The second-order valence-electron chi connectivity index (χ2n) is 6.71. The van der Waals surface area contributed by atoms with E-state index >= 15 is 0 Å². The Labute approximate surface area is 158 Å². The van der Waals surface area contributed by atoms with Gasteiger partial charge < -0.3 is 18.8 Å². The maximum absolute atomic E-state index is 11.9. The molecular formula is C22H23NO4. The Hall–Kier alpha value is -2.95. The summed E-state index contributed by atoms with van der Waals surface area (Å²) in [5, 5.41) is 0.991. The van der Waals surface area contributed by atoms with Gasteiger partial charge in [0.2, 0.25) is 0 Å². The van der Waals surface area contributed by atoms with Gasteiger partial charge in [0.1, 0.15) is 17.1 Å². The van der Waals surface area contributed by atoms with E-state index < -0.39 is 0 Å². The average Bonchev–Trinajstić information content (AvgIpc) is 2.69. The first kappa shape index (κ1) is 17.5. The largest absolute Gasteiger partial charge is 0.494 e. The molecule has 0 spiro atoms. The topological polar surface area (TPSA) is 51.9 Å².